The second kappa shape index (κ2) is 3.81. The molecule has 4 nitrogen and oxygen atoms in total. The van der Waals surface area contributed by atoms with E-state index in [-0.39, 0.29) is 11.2 Å². The molecule has 1 aliphatic heterocycles. The summed E-state index contributed by atoms with van der Waals surface area (Å²) in [5, 5.41) is 9.77. The van der Waals surface area contributed by atoms with E-state index in [1.807, 2.05) is 0 Å². The lowest BCUT2D eigenvalue weighted by Gasteiger charge is -2.42. The number of benzene rings is 1. The van der Waals surface area contributed by atoms with E-state index in [4.69, 9.17) is 15.2 Å². The van der Waals surface area contributed by atoms with Crippen molar-refractivity contribution in [2.75, 3.05) is 19.8 Å². The summed E-state index contributed by atoms with van der Waals surface area (Å²) < 4.78 is 11.2. The Bertz CT molecular complexity index is 435. The van der Waals surface area contributed by atoms with E-state index in [9.17, 15) is 5.11 Å². The minimum atomic E-state index is -0.0243. The fraction of sp³-hybridized carbons (Fsp3) is 0.538. The van der Waals surface area contributed by atoms with Crippen LogP contribution in [-0.2, 0) is 5.41 Å². The summed E-state index contributed by atoms with van der Waals surface area (Å²) >= 11 is 0. The smallest absolute Gasteiger partial charge is 0.165 e. The maximum atomic E-state index is 9.77. The van der Waals surface area contributed by atoms with Crippen molar-refractivity contribution in [2.24, 2.45) is 5.73 Å². The third-order valence-electron chi connectivity index (χ3n) is 3.90. The molecule has 17 heavy (non-hydrogen) atoms. The van der Waals surface area contributed by atoms with Gasteiger partial charge in [0.05, 0.1) is 0 Å². The number of phenolic OH excluding ortho intramolecular Hbond substituents is 1. The molecule has 1 saturated carbocycles. The maximum absolute atomic E-state index is 9.77. The molecule has 1 heterocycles. The number of aromatic hydroxyl groups is 1. The average molecular weight is 235 g/mol. The van der Waals surface area contributed by atoms with Crippen molar-refractivity contribution in [1.29, 1.82) is 0 Å². The second-order valence-electron chi connectivity index (χ2n) is 4.86. The van der Waals surface area contributed by atoms with Gasteiger partial charge in [0, 0.05) is 23.6 Å². The number of hydrogen-bond acceptors (Lipinski definition) is 4. The van der Waals surface area contributed by atoms with E-state index < -0.39 is 0 Å². The molecule has 1 aromatic carbocycles. The molecule has 0 unspecified atom stereocenters. The van der Waals surface area contributed by atoms with Crippen molar-refractivity contribution in [3.8, 4) is 17.2 Å². The van der Waals surface area contributed by atoms with Crippen LogP contribution in [0.5, 0.6) is 17.2 Å². The molecule has 0 saturated heterocycles. The zero-order valence-corrected chi connectivity index (χ0v) is 9.74. The molecule has 1 fully saturated rings. The molecule has 0 bridgehead atoms. The highest BCUT2D eigenvalue weighted by Gasteiger charge is 2.41. The summed E-state index contributed by atoms with van der Waals surface area (Å²) in [6.07, 6.45) is 3.30. The largest absolute Gasteiger partial charge is 0.508 e. The number of nitrogens with two attached hydrogens (primary N) is 1. The van der Waals surface area contributed by atoms with Gasteiger partial charge >= 0.3 is 0 Å². The molecule has 0 atom stereocenters. The number of rotatable bonds is 2. The van der Waals surface area contributed by atoms with Crippen LogP contribution in [0.15, 0.2) is 12.1 Å². The number of fused-ring (bicyclic) bond motifs is 1. The Balaban J connectivity index is 2.11. The zero-order valence-electron chi connectivity index (χ0n) is 9.74. The van der Waals surface area contributed by atoms with Crippen LogP contribution in [-0.4, -0.2) is 24.9 Å². The molecule has 1 aliphatic carbocycles. The normalized spacial score (nSPS) is 20.8. The fourth-order valence-corrected chi connectivity index (χ4v) is 2.72. The van der Waals surface area contributed by atoms with Crippen LogP contribution in [0, 0.1) is 0 Å². The number of ether oxygens (including phenoxy) is 2. The summed E-state index contributed by atoms with van der Waals surface area (Å²) in [6, 6.07) is 3.39. The van der Waals surface area contributed by atoms with Gasteiger partial charge in [-0.3, -0.25) is 0 Å². The minimum Gasteiger partial charge on any atom is -0.508 e. The van der Waals surface area contributed by atoms with Gasteiger partial charge in [0.2, 0.25) is 0 Å². The second-order valence-corrected chi connectivity index (χ2v) is 4.86. The Kier molecular flexibility index (Phi) is 2.40. The van der Waals surface area contributed by atoms with Crippen LogP contribution < -0.4 is 15.2 Å². The molecule has 0 aromatic heterocycles. The van der Waals surface area contributed by atoms with Crippen molar-refractivity contribution in [1.82, 2.24) is 0 Å². The SMILES string of the molecule is NCC1(c2cc(O)cc3c2OCCO3)CCC1. The lowest BCUT2D eigenvalue weighted by atomic mass is 9.64. The number of phenols is 1. The number of hydrogen-bond donors (Lipinski definition) is 2. The molecule has 92 valence electrons. The van der Waals surface area contributed by atoms with E-state index in [0.717, 1.165) is 24.2 Å². The quantitative estimate of drug-likeness (QED) is 0.816. The highest BCUT2D eigenvalue weighted by molar-refractivity contribution is 5.55. The lowest BCUT2D eigenvalue weighted by molar-refractivity contribution is 0.159. The molecular weight excluding hydrogens is 218 g/mol. The van der Waals surface area contributed by atoms with Crippen molar-refractivity contribution in [3.63, 3.8) is 0 Å². The molecule has 0 radical (unpaired) electrons. The molecule has 4 heteroatoms. The molecule has 0 spiro atoms. The Hall–Kier alpha value is -1.42. The summed E-state index contributed by atoms with van der Waals surface area (Å²) in [5.41, 5.74) is 6.90. The maximum Gasteiger partial charge on any atom is 0.165 e. The molecular formula is C13H17NO3. The van der Waals surface area contributed by atoms with E-state index in [1.165, 1.54) is 6.42 Å². The van der Waals surface area contributed by atoms with Gasteiger partial charge in [-0.15, -0.1) is 0 Å². The van der Waals surface area contributed by atoms with Crippen LogP contribution in [0.2, 0.25) is 0 Å². The van der Waals surface area contributed by atoms with E-state index in [0.29, 0.717) is 25.5 Å². The first-order valence-corrected chi connectivity index (χ1v) is 6.08. The first-order chi connectivity index (χ1) is 8.25. The van der Waals surface area contributed by atoms with Gasteiger partial charge < -0.3 is 20.3 Å². The van der Waals surface area contributed by atoms with Crippen LogP contribution >= 0.6 is 0 Å². The zero-order chi connectivity index (χ0) is 11.9. The van der Waals surface area contributed by atoms with Gasteiger partial charge in [-0.1, -0.05) is 6.42 Å². The van der Waals surface area contributed by atoms with Gasteiger partial charge in [-0.05, 0) is 18.9 Å². The standard InChI is InChI=1S/C13H17NO3/c14-8-13(2-1-3-13)10-6-9(15)7-11-12(10)17-5-4-16-11/h6-7,15H,1-5,8,14H2. The van der Waals surface area contributed by atoms with Crippen LogP contribution in [0.3, 0.4) is 0 Å². The van der Waals surface area contributed by atoms with Gasteiger partial charge in [-0.2, -0.15) is 0 Å². The summed E-state index contributed by atoms with van der Waals surface area (Å²) in [6.45, 7) is 1.68. The monoisotopic (exact) mass is 235 g/mol. The highest BCUT2D eigenvalue weighted by atomic mass is 16.6. The molecule has 2 aliphatic rings. The lowest BCUT2D eigenvalue weighted by Crippen LogP contribution is -2.42. The van der Waals surface area contributed by atoms with Crippen LogP contribution in [0.1, 0.15) is 24.8 Å². The van der Waals surface area contributed by atoms with Crippen molar-refractivity contribution in [2.45, 2.75) is 24.7 Å². The summed E-state index contributed by atoms with van der Waals surface area (Å²) in [7, 11) is 0. The van der Waals surface area contributed by atoms with E-state index in [1.54, 1.807) is 12.1 Å². The molecule has 3 N–H and O–H groups in total. The van der Waals surface area contributed by atoms with Crippen LogP contribution in [0.4, 0.5) is 0 Å². The van der Waals surface area contributed by atoms with Crippen LogP contribution in [0.25, 0.3) is 0 Å². The summed E-state index contributed by atoms with van der Waals surface area (Å²) in [4.78, 5) is 0. The van der Waals surface area contributed by atoms with E-state index in [2.05, 4.69) is 0 Å². The van der Waals surface area contributed by atoms with Crippen molar-refractivity contribution in [3.05, 3.63) is 17.7 Å². The van der Waals surface area contributed by atoms with Gasteiger partial charge in [0.25, 0.3) is 0 Å². The molecule has 1 aromatic rings. The molecule has 0 amide bonds. The minimum absolute atomic E-state index is 0.0243. The molecule has 3 rings (SSSR count). The van der Waals surface area contributed by atoms with Crippen molar-refractivity contribution < 1.29 is 14.6 Å². The third kappa shape index (κ3) is 1.55. The fourth-order valence-electron chi connectivity index (χ4n) is 2.72. The topological polar surface area (TPSA) is 64.7 Å². The van der Waals surface area contributed by atoms with Gasteiger partial charge in [-0.25, -0.2) is 0 Å². The van der Waals surface area contributed by atoms with Gasteiger partial charge in [0.1, 0.15) is 19.0 Å². The summed E-state index contributed by atoms with van der Waals surface area (Å²) in [5.74, 6) is 1.65. The Morgan fingerprint density at radius 2 is 2.00 bits per heavy atom. The Morgan fingerprint density at radius 3 is 2.65 bits per heavy atom. The predicted octanol–water partition coefficient (Wildman–Crippen LogP) is 1.54. The van der Waals surface area contributed by atoms with Crippen molar-refractivity contribution >= 4 is 0 Å². The predicted molar refractivity (Wildman–Crippen MR) is 63.7 cm³/mol. The third-order valence-corrected chi connectivity index (χ3v) is 3.90. The Labute approximate surface area is 100 Å². The Morgan fingerprint density at radius 1 is 1.24 bits per heavy atom. The average Bonchev–Trinajstić information content (AvgIpc) is 2.28. The van der Waals surface area contributed by atoms with E-state index >= 15 is 0 Å². The first kappa shape index (κ1) is 10.7. The van der Waals surface area contributed by atoms with Gasteiger partial charge in [0.15, 0.2) is 11.5 Å². The highest BCUT2D eigenvalue weighted by Crippen LogP contribution is 2.50. The first-order valence-electron chi connectivity index (χ1n) is 6.08.